The lowest BCUT2D eigenvalue weighted by molar-refractivity contribution is 0.103. The Balaban J connectivity index is 2.13. The Bertz CT molecular complexity index is 777. The number of hydrogen-bond donors (Lipinski definition) is 0. The third kappa shape index (κ3) is 1.91. The van der Waals surface area contributed by atoms with Gasteiger partial charge in [-0.05, 0) is 42.8 Å². The van der Waals surface area contributed by atoms with Crippen LogP contribution in [0, 0.1) is 12.7 Å². The van der Waals surface area contributed by atoms with Crippen molar-refractivity contribution in [1.82, 2.24) is 9.61 Å². The summed E-state index contributed by atoms with van der Waals surface area (Å²) in [6, 6.07) is 9.70. The van der Waals surface area contributed by atoms with E-state index in [4.69, 9.17) is 0 Å². The third-order valence-electron chi connectivity index (χ3n) is 3.10. The van der Waals surface area contributed by atoms with Gasteiger partial charge in [0.05, 0.1) is 17.3 Å². The molecule has 0 aliphatic heterocycles. The minimum Gasteiger partial charge on any atom is -0.288 e. The van der Waals surface area contributed by atoms with Gasteiger partial charge < -0.3 is 0 Å². The molecule has 0 aliphatic carbocycles. The molecular formula is C15H11FN2O. The van der Waals surface area contributed by atoms with Crippen molar-refractivity contribution in [3.05, 3.63) is 71.3 Å². The molecule has 0 atom stereocenters. The lowest BCUT2D eigenvalue weighted by Crippen LogP contribution is -2.03. The van der Waals surface area contributed by atoms with Crippen LogP contribution in [0.5, 0.6) is 0 Å². The number of carbonyl (C=O) groups excluding carboxylic acids is 1. The van der Waals surface area contributed by atoms with E-state index < -0.39 is 0 Å². The molecule has 3 rings (SSSR count). The van der Waals surface area contributed by atoms with Crippen molar-refractivity contribution in [2.45, 2.75) is 6.92 Å². The first kappa shape index (κ1) is 11.6. The first-order chi connectivity index (χ1) is 9.16. The monoisotopic (exact) mass is 254 g/mol. The minimum atomic E-state index is -0.339. The van der Waals surface area contributed by atoms with Crippen molar-refractivity contribution < 1.29 is 9.18 Å². The molecule has 4 heteroatoms. The molecule has 0 fully saturated rings. The van der Waals surface area contributed by atoms with Gasteiger partial charge >= 0.3 is 0 Å². The van der Waals surface area contributed by atoms with Crippen molar-refractivity contribution in [3.63, 3.8) is 0 Å². The molecule has 2 heterocycles. The summed E-state index contributed by atoms with van der Waals surface area (Å²) in [5.41, 5.74) is 2.40. The van der Waals surface area contributed by atoms with Crippen LogP contribution < -0.4 is 0 Å². The molecule has 0 amide bonds. The average Bonchev–Trinajstić information content (AvgIpc) is 2.82. The maximum atomic E-state index is 13.1. The molecule has 3 aromatic rings. The van der Waals surface area contributed by atoms with E-state index >= 15 is 0 Å². The topological polar surface area (TPSA) is 34.4 Å². The van der Waals surface area contributed by atoms with E-state index in [1.165, 1.54) is 18.2 Å². The third-order valence-corrected chi connectivity index (χ3v) is 3.10. The van der Waals surface area contributed by atoms with Gasteiger partial charge in [0.1, 0.15) is 5.82 Å². The Labute approximate surface area is 109 Å². The summed E-state index contributed by atoms with van der Waals surface area (Å²) in [6.07, 6.45) is 3.32. The van der Waals surface area contributed by atoms with E-state index in [1.54, 1.807) is 23.8 Å². The zero-order chi connectivity index (χ0) is 13.4. The van der Waals surface area contributed by atoms with Gasteiger partial charge in [0, 0.05) is 11.8 Å². The summed E-state index contributed by atoms with van der Waals surface area (Å²) in [6.45, 7) is 1.72. The SMILES string of the molecule is Cc1cc(F)ccc1C(=O)c1cnn2ccccc12. The number of halogens is 1. The van der Waals surface area contributed by atoms with Crippen LogP contribution in [0.15, 0.2) is 48.8 Å². The van der Waals surface area contributed by atoms with Crippen molar-refractivity contribution in [2.24, 2.45) is 0 Å². The molecule has 0 radical (unpaired) electrons. The van der Waals surface area contributed by atoms with Gasteiger partial charge in [-0.1, -0.05) is 6.07 Å². The number of rotatable bonds is 2. The molecule has 0 unspecified atom stereocenters. The summed E-state index contributed by atoms with van der Waals surface area (Å²) < 4.78 is 14.7. The first-order valence-electron chi connectivity index (χ1n) is 5.90. The van der Waals surface area contributed by atoms with E-state index in [1.807, 2.05) is 18.2 Å². The molecule has 0 saturated heterocycles. The van der Waals surface area contributed by atoms with Crippen LogP contribution in [-0.2, 0) is 0 Å². The quantitative estimate of drug-likeness (QED) is 0.659. The smallest absolute Gasteiger partial charge is 0.197 e. The molecule has 0 N–H and O–H groups in total. The highest BCUT2D eigenvalue weighted by Crippen LogP contribution is 2.18. The summed E-state index contributed by atoms with van der Waals surface area (Å²) in [4.78, 5) is 12.5. The van der Waals surface area contributed by atoms with E-state index in [2.05, 4.69) is 5.10 Å². The van der Waals surface area contributed by atoms with Gasteiger partial charge in [-0.15, -0.1) is 0 Å². The molecule has 19 heavy (non-hydrogen) atoms. The van der Waals surface area contributed by atoms with Crippen LogP contribution in [-0.4, -0.2) is 15.4 Å². The van der Waals surface area contributed by atoms with Crippen LogP contribution in [0.4, 0.5) is 4.39 Å². The fraction of sp³-hybridized carbons (Fsp3) is 0.0667. The Morgan fingerprint density at radius 2 is 2.05 bits per heavy atom. The predicted molar refractivity (Wildman–Crippen MR) is 69.8 cm³/mol. The summed E-state index contributed by atoms with van der Waals surface area (Å²) in [5, 5.41) is 4.13. The molecule has 0 spiro atoms. The predicted octanol–water partition coefficient (Wildman–Crippen LogP) is 3.01. The lowest BCUT2D eigenvalue weighted by Gasteiger charge is -2.04. The second-order valence-electron chi connectivity index (χ2n) is 4.38. The number of pyridine rings is 1. The highest BCUT2D eigenvalue weighted by atomic mass is 19.1. The fourth-order valence-corrected chi connectivity index (χ4v) is 2.14. The van der Waals surface area contributed by atoms with Crippen LogP contribution in [0.2, 0.25) is 0 Å². The van der Waals surface area contributed by atoms with Gasteiger partial charge in [-0.2, -0.15) is 5.10 Å². The van der Waals surface area contributed by atoms with Gasteiger partial charge in [0.15, 0.2) is 5.78 Å². The molecule has 3 nitrogen and oxygen atoms in total. The van der Waals surface area contributed by atoms with Crippen molar-refractivity contribution in [3.8, 4) is 0 Å². The normalized spacial score (nSPS) is 10.8. The second-order valence-corrected chi connectivity index (χ2v) is 4.38. The highest BCUT2D eigenvalue weighted by molar-refractivity contribution is 6.13. The number of fused-ring (bicyclic) bond motifs is 1. The molecule has 0 saturated carbocycles. The maximum Gasteiger partial charge on any atom is 0.197 e. The Morgan fingerprint density at radius 1 is 1.21 bits per heavy atom. The van der Waals surface area contributed by atoms with Crippen molar-refractivity contribution in [1.29, 1.82) is 0 Å². The van der Waals surface area contributed by atoms with Crippen LogP contribution in [0.3, 0.4) is 0 Å². The summed E-state index contributed by atoms with van der Waals surface area (Å²) >= 11 is 0. The molecule has 0 bridgehead atoms. The Morgan fingerprint density at radius 3 is 2.84 bits per heavy atom. The van der Waals surface area contributed by atoms with Crippen LogP contribution >= 0.6 is 0 Å². The largest absolute Gasteiger partial charge is 0.288 e. The number of benzene rings is 1. The summed E-state index contributed by atoms with van der Waals surface area (Å²) in [5.74, 6) is -0.479. The number of nitrogens with zero attached hydrogens (tertiary/aromatic N) is 2. The van der Waals surface area contributed by atoms with E-state index in [9.17, 15) is 9.18 Å². The van der Waals surface area contributed by atoms with Gasteiger partial charge in [-0.3, -0.25) is 4.79 Å². The van der Waals surface area contributed by atoms with E-state index in [0.29, 0.717) is 16.7 Å². The van der Waals surface area contributed by atoms with E-state index in [0.717, 1.165) is 5.52 Å². The number of carbonyl (C=O) groups is 1. The van der Waals surface area contributed by atoms with Crippen molar-refractivity contribution >= 4 is 11.3 Å². The number of hydrogen-bond acceptors (Lipinski definition) is 2. The molecular weight excluding hydrogens is 243 g/mol. The van der Waals surface area contributed by atoms with Gasteiger partial charge in [0.2, 0.25) is 0 Å². The molecule has 2 aromatic heterocycles. The molecule has 94 valence electrons. The number of aryl methyl sites for hydroxylation is 1. The summed E-state index contributed by atoms with van der Waals surface area (Å²) in [7, 11) is 0. The zero-order valence-electron chi connectivity index (χ0n) is 10.3. The lowest BCUT2D eigenvalue weighted by atomic mass is 10.00. The standard InChI is InChI=1S/C15H11FN2O/c1-10-8-11(16)5-6-12(10)15(19)13-9-17-18-7-3-2-4-14(13)18/h2-9H,1H3. The fourth-order valence-electron chi connectivity index (χ4n) is 2.14. The minimum absolute atomic E-state index is 0.140. The van der Waals surface area contributed by atoms with Gasteiger partial charge in [-0.25, -0.2) is 8.91 Å². The van der Waals surface area contributed by atoms with Crippen LogP contribution in [0.1, 0.15) is 21.5 Å². The highest BCUT2D eigenvalue weighted by Gasteiger charge is 2.16. The Kier molecular flexibility index (Phi) is 2.63. The van der Waals surface area contributed by atoms with E-state index in [-0.39, 0.29) is 11.6 Å². The zero-order valence-corrected chi connectivity index (χ0v) is 10.3. The van der Waals surface area contributed by atoms with Crippen molar-refractivity contribution in [2.75, 3.05) is 0 Å². The molecule has 0 aliphatic rings. The van der Waals surface area contributed by atoms with Crippen LogP contribution in [0.25, 0.3) is 5.52 Å². The average molecular weight is 254 g/mol. The molecule has 1 aromatic carbocycles. The number of ketones is 1. The van der Waals surface area contributed by atoms with Gasteiger partial charge in [0.25, 0.3) is 0 Å². The second kappa shape index (κ2) is 4.31. The Hall–Kier alpha value is -2.49. The number of aromatic nitrogens is 2. The maximum absolute atomic E-state index is 13.1. The first-order valence-corrected chi connectivity index (χ1v) is 5.90.